The summed E-state index contributed by atoms with van der Waals surface area (Å²) in [6, 6.07) is 19.9. The van der Waals surface area contributed by atoms with Gasteiger partial charge in [-0.05, 0) is 60.9 Å². The quantitative estimate of drug-likeness (QED) is 0.459. The van der Waals surface area contributed by atoms with Crippen LogP contribution in [0.1, 0.15) is 18.1 Å². The third kappa shape index (κ3) is 5.07. The van der Waals surface area contributed by atoms with Crippen molar-refractivity contribution < 1.29 is 18.7 Å². The zero-order valence-electron chi connectivity index (χ0n) is 18.0. The van der Waals surface area contributed by atoms with Crippen LogP contribution in [0, 0.1) is 5.82 Å². The molecule has 33 heavy (non-hydrogen) atoms. The fourth-order valence-corrected chi connectivity index (χ4v) is 3.77. The molecule has 3 aromatic carbocycles. The van der Waals surface area contributed by atoms with Crippen molar-refractivity contribution >= 4 is 34.7 Å². The van der Waals surface area contributed by atoms with Crippen LogP contribution in [0.15, 0.2) is 78.5 Å². The number of hydrogen-bond donors (Lipinski definition) is 1. The topological polar surface area (TPSA) is 58.6 Å². The molecule has 1 N–H and O–H groups in total. The molecule has 1 aliphatic heterocycles. The van der Waals surface area contributed by atoms with Crippen LogP contribution in [0.4, 0.5) is 10.1 Å². The molecule has 0 saturated heterocycles. The highest BCUT2D eigenvalue weighted by molar-refractivity contribution is 6.36. The largest absolute Gasteiger partial charge is 0.494 e. The first-order valence-electron chi connectivity index (χ1n) is 10.6. The minimum Gasteiger partial charge on any atom is -0.494 e. The molecule has 0 unspecified atom stereocenters. The number of nitrogens with one attached hydrogen (secondary N) is 1. The van der Waals surface area contributed by atoms with Gasteiger partial charge in [0.2, 0.25) is 0 Å². The smallest absolute Gasteiger partial charge is 0.278 e. The first kappa shape index (κ1) is 22.6. The van der Waals surface area contributed by atoms with Crippen molar-refractivity contribution in [2.75, 3.05) is 18.5 Å². The predicted octanol–water partition coefficient (Wildman–Crippen LogP) is 5.31. The maximum absolute atomic E-state index is 13.5. The Morgan fingerprint density at radius 2 is 1.70 bits per heavy atom. The maximum Gasteiger partial charge on any atom is 0.278 e. The van der Waals surface area contributed by atoms with E-state index in [0.29, 0.717) is 35.1 Å². The minimum atomic E-state index is -0.435. The monoisotopic (exact) mass is 464 g/mol. The fraction of sp³-hybridized carbons (Fsp3) is 0.154. The molecule has 7 heteroatoms. The van der Waals surface area contributed by atoms with Crippen molar-refractivity contribution in [1.29, 1.82) is 0 Å². The molecule has 3 aromatic rings. The highest BCUT2D eigenvalue weighted by Gasteiger charge is 2.39. The van der Waals surface area contributed by atoms with Crippen LogP contribution in [-0.4, -0.2) is 29.9 Å². The van der Waals surface area contributed by atoms with E-state index in [1.54, 1.807) is 30.3 Å². The summed E-state index contributed by atoms with van der Waals surface area (Å²) in [6.45, 7) is 2.59. The van der Waals surface area contributed by atoms with Gasteiger partial charge in [-0.25, -0.2) is 4.39 Å². The molecular weight excluding hydrogens is 443 g/mol. The number of carbonyl (C=O) groups is 2. The maximum atomic E-state index is 13.5. The standard InChI is InChI=1S/C26H22ClFN2O3/c1-2-33-22-5-3-4-21(16-22)29-24-23(18-8-12-20(28)13-9-18)25(31)30(26(24)32)15-14-17-6-10-19(27)11-7-17/h3-13,16,29H,2,14-15H2,1H3. The Kier molecular flexibility index (Phi) is 6.75. The van der Waals surface area contributed by atoms with Crippen LogP contribution in [0.3, 0.4) is 0 Å². The molecule has 0 bridgehead atoms. The van der Waals surface area contributed by atoms with Crippen LogP contribution >= 0.6 is 11.6 Å². The van der Waals surface area contributed by atoms with Crippen LogP contribution in [0.25, 0.3) is 5.57 Å². The van der Waals surface area contributed by atoms with Crippen molar-refractivity contribution in [1.82, 2.24) is 4.90 Å². The molecule has 0 radical (unpaired) electrons. The lowest BCUT2D eigenvalue weighted by molar-refractivity contribution is -0.136. The van der Waals surface area contributed by atoms with E-state index in [1.807, 2.05) is 25.1 Å². The summed E-state index contributed by atoms with van der Waals surface area (Å²) >= 11 is 5.94. The highest BCUT2D eigenvalue weighted by Crippen LogP contribution is 2.31. The molecule has 1 aliphatic rings. The Labute approximate surface area is 196 Å². The van der Waals surface area contributed by atoms with Crippen LogP contribution in [0.2, 0.25) is 5.02 Å². The molecule has 0 aromatic heterocycles. The number of benzene rings is 3. The summed E-state index contributed by atoms with van der Waals surface area (Å²) in [6.07, 6.45) is 0.485. The summed E-state index contributed by atoms with van der Waals surface area (Å²) in [5.41, 5.74) is 2.38. The lowest BCUT2D eigenvalue weighted by atomic mass is 10.0. The van der Waals surface area contributed by atoms with Gasteiger partial charge in [-0.2, -0.15) is 0 Å². The molecule has 0 saturated carbocycles. The van der Waals surface area contributed by atoms with Gasteiger partial charge in [0, 0.05) is 23.3 Å². The third-order valence-corrected chi connectivity index (χ3v) is 5.50. The van der Waals surface area contributed by atoms with Gasteiger partial charge >= 0.3 is 0 Å². The lowest BCUT2D eigenvalue weighted by Crippen LogP contribution is -2.34. The summed E-state index contributed by atoms with van der Waals surface area (Å²) in [5.74, 6) is -0.642. The second kappa shape index (κ2) is 9.88. The van der Waals surface area contributed by atoms with E-state index >= 15 is 0 Å². The summed E-state index contributed by atoms with van der Waals surface area (Å²) < 4.78 is 19.0. The first-order valence-corrected chi connectivity index (χ1v) is 10.9. The number of hydrogen-bond acceptors (Lipinski definition) is 4. The highest BCUT2D eigenvalue weighted by atomic mass is 35.5. The van der Waals surface area contributed by atoms with Crippen molar-refractivity contribution in [3.63, 3.8) is 0 Å². The zero-order valence-corrected chi connectivity index (χ0v) is 18.7. The van der Waals surface area contributed by atoms with Crippen molar-refractivity contribution in [3.8, 4) is 5.75 Å². The van der Waals surface area contributed by atoms with Crippen LogP contribution in [-0.2, 0) is 16.0 Å². The number of nitrogens with zero attached hydrogens (tertiary/aromatic N) is 1. The molecule has 0 atom stereocenters. The number of rotatable bonds is 8. The summed E-state index contributed by atoms with van der Waals surface area (Å²) in [4.78, 5) is 27.8. The SMILES string of the molecule is CCOc1cccc(NC2=C(c3ccc(F)cc3)C(=O)N(CCc3ccc(Cl)cc3)C2=O)c1. The molecule has 2 amide bonds. The third-order valence-electron chi connectivity index (χ3n) is 5.25. The van der Waals surface area contributed by atoms with Gasteiger partial charge in [-0.3, -0.25) is 14.5 Å². The number of amides is 2. The van der Waals surface area contributed by atoms with E-state index in [1.165, 1.54) is 29.2 Å². The van der Waals surface area contributed by atoms with E-state index in [-0.39, 0.29) is 17.8 Å². The van der Waals surface area contributed by atoms with Gasteiger partial charge in [-0.15, -0.1) is 0 Å². The number of carbonyl (C=O) groups excluding carboxylic acids is 2. The second-order valence-electron chi connectivity index (χ2n) is 7.48. The van der Waals surface area contributed by atoms with Gasteiger partial charge in [0.05, 0.1) is 12.2 Å². The first-order chi connectivity index (χ1) is 16.0. The van der Waals surface area contributed by atoms with Crippen LogP contribution < -0.4 is 10.1 Å². The second-order valence-corrected chi connectivity index (χ2v) is 7.92. The van der Waals surface area contributed by atoms with E-state index in [4.69, 9.17) is 16.3 Å². The number of imide groups is 1. The Bertz CT molecular complexity index is 1210. The summed E-state index contributed by atoms with van der Waals surface area (Å²) in [7, 11) is 0. The van der Waals surface area contributed by atoms with E-state index in [0.717, 1.165) is 5.56 Å². The van der Waals surface area contributed by atoms with Gasteiger partial charge in [0.1, 0.15) is 17.3 Å². The normalized spacial score (nSPS) is 13.6. The lowest BCUT2D eigenvalue weighted by Gasteiger charge is -2.15. The number of halogens is 2. The molecule has 168 valence electrons. The average Bonchev–Trinajstić information content (AvgIpc) is 3.04. The van der Waals surface area contributed by atoms with Crippen molar-refractivity contribution in [3.05, 3.63) is 100 Å². The summed E-state index contributed by atoms with van der Waals surface area (Å²) in [5, 5.41) is 3.71. The molecule has 0 spiro atoms. The van der Waals surface area contributed by atoms with Crippen LogP contribution in [0.5, 0.6) is 5.75 Å². The molecular formula is C26H22ClFN2O3. The van der Waals surface area contributed by atoms with E-state index < -0.39 is 17.6 Å². The fourth-order valence-electron chi connectivity index (χ4n) is 3.65. The Morgan fingerprint density at radius 1 is 0.970 bits per heavy atom. The molecule has 5 nitrogen and oxygen atoms in total. The average molecular weight is 465 g/mol. The van der Waals surface area contributed by atoms with E-state index in [9.17, 15) is 14.0 Å². The molecule has 0 fully saturated rings. The molecule has 1 heterocycles. The van der Waals surface area contributed by atoms with Gasteiger partial charge in [0.25, 0.3) is 11.8 Å². The van der Waals surface area contributed by atoms with Crippen molar-refractivity contribution in [2.24, 2.45) is 0 Å². The van der Waals surface area contributed by atoms with Gasteiger partial charge in [0.15, 0.2) is 0 Å². The number of ether oxygens (including phenoxy) is 1. The minimum absolute atomic E-state index is 0.149. The molecule has 0 aliphatic carbocycles. The predicted molar refractivity (Wildman–Crippen MR) is 126 cm³/mol. The van der Waals surface area contributed by atoms with Crippen molar-refractivity contribution in [2.45, 2.75) is 13.3 Å². The van der Waals surface area contributed by atoms with Gasteiger partial charge < -0.3 is 10.1 Å². The zero-order chi connectivity index (χ0) is 23.4. The Hall–Kier alpha value is -3.64. The Balaban J connectivity index is 1.65. The van der Waals surface area contributed by atoms with Gasteiger partial charge in [-0.1, -0.05) is 41.9 Å². The van der Waals surface area contributed by atoms with E-state index in [2.05, 4.69) is 5.32 Å². The number of anilines is 1. The molecule has 4 rings (SSSR count). The Morgan fingerprint density at radius 3 is 2.39 bits per heavy atom.